The van der Waals surface area contributed by atoms with Gasteiger partial charge in [-0.05, 0) is 66.0 Å². The zero-order valence-electron chi connectivity index (χ0n) is 18.4. The number of tetrazole rings is 1. The summed E-state index contributed by atoms with van der Waals surface area (Å²) in [6.45, 7) is 6.59. The second kappa shape index (κ2) is 8.84. The monoisotopic (exact) mass is 441 g/mol. The maximum atomic E-state index is 14.3. The molecule has 9 nitrogen and oxygen atoms in total. The van der Waals surface area contributed by atoms with Crippen LogP contribution in [0.2, 0.25) is 0 Å². The van der Waals surface area contributed by atoms with Crippen LogP contribution in [0.1, 0.15) is 51.3 Å². The lowest BCUT2D eigenvalue weighted by Crippen LogP contribution is -2.34. The molecule has 1 aliphatic heterocycles. The summed E-state index contributed by atoms with van der Waals surface area (Å²) in [6.07, 6.45) is 5.93. The smallest absolute Gasteiger partial charge is 0.324 e. The average molecular weight is 442 g/mol. The number of rotatable bonds is 8. The van der Waals surface area contributed by atoms with Gasteiger partial charge < -0.3 is 14.2 Å². The molecule has 0 unspecified atom stereocenters. The highest BCUT2D eigenvalue weighted by atomic mass is 19.1. The molecular formula is C22H28FN7O2. The molecule has 0 spiro atoms. The Labute approximate surface area is 185 Å². The van der Waals surface area contributed by atoms with Crippen LogP contribution < -0.4 is 9.64 Å². The van der Waals surface area contributed by atoms with Gasteiger partial charge in [0.25, 0.3) is 0 Å². The molecule has 2 atom stereocenters. The topological polar surface area (TPSA) is 95.0 Å². The van der Waals surface area contributed by atoms with Crippen molar-refractivity contribution in [3.05, 3.63) is 36.2 Å². The minimum atomic E-state index is -0.403. The second-order valence-corrected chi connectivity index (χ2v) is 9.08. The van der Waals surface area contributed by atoms with Gasteiger partial charge in [-0.1, -0.05) is 19.0 Å². The number of ether oxygens (including phenoxy) is 1. The van der Waals surface area contributed by atoms with Gasteiger partial charge in [0.1, 0.15) is 6.33 Å². The van der Waals surface area contributed by atoms with Crippen molar-refractivity contribution in [2.75, 3.05) is 24.6 Å². The first kappa shape index (κ1) is 20.8. The van der Waals surface area contributed by atoms with E-state index in [-0.39, 0.29) is 11.7 Å². The number of aromatic nitrogens is 6. The molecule has 0 N–H and O–H groups in total. The van der Waals surface area contributed by atoms with E-state index in [2.05, 4.69) is 44.4 Å². The Morgan fingerprint density at radius 3 is 2.78 bits per heavy atom. The highest BCUT2D eigenvalue weighted by Gasteiger charge is 2.43. The van der Waals surface area contributed by atoms with Gasteiger partial charge in [0.2, 0.25) is 0 Å². The van der Waals surface area contributed by atoms with Gasteiger partial charge in [-0.25, -0.2) is 9.07 Å². The minimum Gasteiger partial charge on any atom is -0.491 e. The van der Waals surface area contributed by atoms with Gasteiger partial charge in [0.15, 0.2) is 17.4 Å². The van der Waals surface area contributed by atoms with Gasteiger partial charge in [-0.2, -0.15) is 4.98 Å². The molecule has 2 fully saturated rings. The normalized spacial score (nSPS) is 21.3. The van der Waals surface area contributed by atoms with Crippen molar-refractivity contribution in [2.24, 2.45) is 17.8 Å². The van der Waals surface area contributed by atoms with Crippen LogP contribution in [0.5, 0.6) is 5.75 Å². The SMILES string of the molecule is CC(C)c1noc(N2CCC([C@H]3C[C@@H]3CCOc3ccc(-n4cnnn4)cc3F)CC2)n1. The Kier molecular flexibility index (Phi) is 5.75. The predicted molar refractivity (Wildman–Crippen MR) is 114 cm³/mol. The number of benzene rings is 1. The minimum absolute atomic E-state index is 0.271. The molecule has 2 aliphatic rings. The molecule has 3 aromatic rings. The molecule has 2 aromatic heterocycles. The van der Waals surface area contributed by atoms with Crippen LogP contribution in [0.4, 0.5) is 10.4 Å². The van der Waals surface area contributed by atoms with Crippen molar-refractivity contribution in [3.63, 3.8) is 0 Å². The summed E-state index contributed by atoms with van der Waals surface area (Å²) in [6, 6.07) is 5.42. The maximum Gasteiger partial charge on any atom is 0.324 e. The Morgan fingerprint density at radius 2 is 2.09 bits per heavy atom. The molecular weight excluding hydrogens is 413 g/mol. The van der Waals surface area contributed by atoms with Crippen molar-refractivity contribution in [2.45, 2.75) is 45.4 Å². The van der Waals surface area contributed by atoms with Crippen LogP contribution in [0.15, 0.2) is 29.0 Å². The molecule has 0 amide bonds. The quantitative estimate of drug-likeness (QED) is 0.523. The summed E-state index contributed by atoms with van der Waals surface area (Å²) in [4.78, 5) is 6.73. The lowest BCUT2D eigenvalue weighted by molar-refractivity contribution is 0.272. The van der Waals surface area contributed by atoms with E-state index >= 15 is 0 Å². The summed E-state index contributed by atoms with van der Waals surface area (Å²) in [5, 5.41) is 15.0. The third-order valence-corrected chi connectivity index (χ3v) is 6.62. The highest BCUT2D eigenvalue weighted by Crippen LogP contribution is 2.50. The van der Waals surface area contributed by atoms with Gasteiger partial charge in [-0.3, -0.25) is 0 Å². The van der Waals surface area contributed by atoms with Crippen LogP contribution in [-0.4, -0.2) is 50.0 Å². The number of anilines is 1. The fourth-order valence-corrected chi connectivity index (χ4v) is 4.64. The fourth-order valence-electron chi connectivity index (χ4n) is 4.64. The van der Waals surface area contributed by atoms with Crippen LogP contribution in [0.25, 0.3) is 5.69 Å². The van der Waals surface area contributed by atoms with E-state index in [1.165, 1.54) is 23.5 Å². The highest BCUT2D eigenvalue weighted by molar-refractivity contribution is 5.37. The third-order valence-electron chi connectivity index (χ3n) is 6.62. The fraction of sp³-hybridized carbons (Fsp3) is 0.591. The molecule has 32 heavy (non-hydrogen) atoms. The van der Waals surface area contributed by atoms with Crippen molar-refractivity contribution in [3.8, 4) is 11.4 Å². The predicted octanol–water partition coefficient (Wildman–Crippen LogP) is 3.63. The van der Waals surface area contributed by atoms with Crippen LogP contribution in [0, 0.1) is 23.6 Å². The van der Waals surface area contributed by atoms with E-state index in [4.69, 9.17) is 9.26 Å². The lowest BCUT2D eigenvalue weighted by atomic mass is 9.90. The largest absolute Gasteiger partial charge is 0.491 e. The van der Waals surface area contributed by atoms with Crippen molar-refractivity contribution in [1.29, 1.82) is 0 Å². The molecule has 1 saturated carbocycles. The number of nitrogens with zero attached hydrogens (tertiary/aromatic N) is 7. The Hall–Kier alpha value is -3.04. The van der Waals surface area contributed by atoms with E-state index in [0.717, 1.165) is 50.0 Å². The van der Waals surface area contributed by atoms with Gasteiger partial charge >= 0.3 is 6.01 Å². The maximum absolute atomic E-state index is 14.3. The molecule has 5 rings (SSSR count). The molecule has 1 saturated heterocycles. The first-order chi connectivity index (χ1) is 15.6. The number of halogens is 1. The number of hydrogen-bond acceptors (Lipinski definition) is 8. The zero-order valence-corrected chi connectivity index (χ0v) is 18.4. The van der Waals surface area contributed by atoms with Crippen LogP contribution in [-0.2, 0) is 0 Å². The van der Waals surface area contributed by atoms with E-state index in [1.807, 2.05) is 0 Å². The molecule has 3 heterocycles. The van der Waals surface area contributed by atoms with E-state index in [0.29, 0.717) is 24.2 Å². The van der Waals surface area contributed by atoms with E-state index in [9.17, 15) is 4.39 Å². The van der Waals surface area contributed by atoms with Gasteiger partial charge in [0, 0.05) is 25.1 Å². The summed E-state index contributed by atoms with van der Waals surface area (Å²) >= 11 is 0. The van der Waals surface area contributed by atoms with Crippen LogP contribution >= 0.6 is 0 Å². The summed E-state index contributed by atoms with van der Waals surface area (Å²) in [5.74, 6) is 3.07. The van der Waals surface area contributed by atoms with Gasteiger partial charge in [0.05, 0.1) is 12.3 Å². The Bertz CT molecular complexity index is 1030. The molecule has 1 aliphatic carbocycles. The summed E-state index contributed by atoms with van der Waals surface area (Å²) < 4.78 is 26.9. The first-order valence-electron chi connectivity index (χ1n) is 11.3. The lowest BCUT2D eigenvalue weighted by Gasteiger charge is -2.30. The summed E-state index contributed by atoms with van der Waals surface area (Å²) in [7, 11) is 0. The molecule has 170 valence electrons. The zero-order chi connectivity index (χ0) is 22.1. The standard InChI is InChI=1S/C22H28FN7O2/c1-14(2)21-25-22(32-26-21)29-8-5-15(6-9-29)18-11-16(18)7-10-31-20-4-3-17(12-19(20)23)30-13-24-27-28-30/h3-4,12-16,18H,5-11H2,1-2H3/t16-,18+/m0/s1. The second-order valence-electron chi connectivity index (χ2n) is 9.08. The Balaban J connectivity index is 1.05. The molecule has 0 radical (unpaired) electrons. The van der Waals surface area contributed by atoms with Crippen molar-refractivity contribution < 1.29 is 13.7 Å². The third kappa shape index (κ3) is 4.44. The Morgan fingerprint density at radius 1 is 1.25 bits per heavy atom. The number of piperidine rings is 1. The van der Waals surface area contributed by atoms with Gasteiger partial charge in [-0.15, -0.1) is 5.10 Å². The molecule has 0 bridgehead atoms. The van der Waals surface area contributed by atoms with Crippen molar-refractivity contribution in [1.82, 2.24) is 30.3 Å². The molecule has 10 heteroatoms. The van der Waals surface area contributed by atoms with E-state index < -0.39 is 5.82 Å². The van der Waals surface area contributed by atoms with E-state index in [1.54, 1.807) is 12.1 Å². The first-order valence-corrected chi connectivity index (χ1v) is 11.3. The summed E-state index contributed by atoms with van der Waals surface area (Å²) in [5.41, 5.74) is 0.564. The van der Waals surface area contributed by atoms with Crippen LogP contribution in [0.3, 0.4) is 0 Å². The average Bonchev–Trinajstić information content (AvgIpc) is 3.19. The van der Waals surface area contributed by atoms with Crippen molar-refractivity contribution >= 4 is 6.01 Å². The molecule has 1 aromatic carbocycles. The number of hydrogen-bond donors (Lipinski definition) is 0.